The molecule has 10 rings (SSSR count). The van der Waals surface area contributed by atoms with Gasteiger partial charge in [-0.05, 0) is 88.6 Å². The van der Waals surface area contributed by atoms with Crippen LogP contribution in [0, 0.1) is 0 Å². The summed E-state index contributed by atoms with van der Waals surface area (Å²) in [6.07, 6.45) is 0. The summed E-state index contributed by atoms with van der Waals surface area (Å²) in [4.78, 5) is 2.38. The highest BCUT2D eigenvalue weighted by atomic mass is 16.3. The third kappa shape index (κ3) is 4.37. The van der Waals surface area contributed by atoms with Crippen molar-refractivity contribution in [2.45, 2.75) is 0 Å². The summed E-state index contributed by atoms with van der Waals surface area (Å²) in [7, 11) is 0. The van der Waals surface area contributed by atoms with Crippen molar-refractivity contribution in [3.63, 3.8) is 0 Å². The Morgan fingerprint density at radius 2 is 1.10 bits per heavy atom. The summed E-state index contributed by atoms with van der Waals surface area (Å²) in [5.74, 6) is 0. The van der Waals surface area contributed by atoms with E-state index in [0.29, 0.717) is 0 Å². The van der Waals surface area contributed by atoms with Crippen LogP contribution in [0.3, 0.4) is 0 Å². The van der Waals surface area contributed by atoms with Gasteiger partial charge in [0.05, 0.1) is 16.7 Å². The van der Waals surface area contributed by atoms with Crippen molar-refractivity contribution in [1.29, 1.82) is 0 Å². The van der Waals surface area contributed by atoms with Crippen LogP contribution in [-0.2, 0) is 0 Å². The van der Waals surface area contributed by atoms with Crippen LogP contribution in [0.5, 0.6) is 0 Å². The lowest BCUT2D eigenvalue weighted by Crippen LogP contribution is -2.11. The first kappa shape index (κ1) is 27.5. The summed E-state index contributed by atoms with van der Waals surface area (Å²) in [5.41, 5.74) is 11.0. The number of nitrogens with zero attached hydrogens (tertiary/aromatic N) is 2. The van der Waals surface area contributed by atoms with Crippen LogP contribution >= 0.6 is 0 Å². The van der Waals surface area contributed by atoms with E-state index in [1.165, 1.54) is 49.1 Å². The van der Waals surface area contributed by atoms with Gasteiger partial charge < -0.3 is 13.9 Å². The van der Waals surface area contributed by atoms with Crippen molar-refractivity contribution in [1.82, 2.24) is 4.57 Å². The van der Waals surface area contributed by atoms with Crippen LogP contribution in [-0.4, -0.2) is 4.57 Å². The van der Waals surface area contributed by atoms with Crippen LogP contribution in [0.15, 0.2) is 186 Å². The first-order valence-corrected chi connectivity index (χ1v) is 16.7. The number of anilines is 3. The number of hydrogen-bond donors (Lipinski definition) is 0. The van der Waals surface area contributed by atoms with E-state index in [1.54, 1.807) is 0 Å². The summed E-state index contributed by atoms with van der Waals surface area (Å²) >= 11 is 0. The highest BCUT2D eigenvalue weighted by Crippen LogP contribution is 2.44. The van der Waals surface area contributed by atoms with E-state index in [1.807, 2.05) is 12.1 Å². The van der Waals surface area contributed by atoms with Gasteiger partial charge in [0.1, 0.15) is 11.2 Å². The Kier molecular flexibility index (Phi) is 6.18. The van der Waals surface area contributed by atoms with Crippen molar-refractivity contribution in [3.05, 3.63) is 182 Å². The van der Waals surface area contributed by atoms with Gasteiger partial charge in [0.25, 0.3) is 0 Å². The van der Waals surface area contributed by atoms with E-state index < -0.39 is 0 Å². The maximum absolute atomic E-state index is 6.15. The Labute approximate surface area is 283 Å². The number of aromatic nitrogens is 1. The Morgan fingerprint density at radius 3 is 1.94 bits per heavy atom. The summed E-state index contributed by atoms with van der Waals surface area (Å²) in [5, 5.41) is 7.21. The first-order valence-electron chi connectivity index (χ1n) is 16.7. The molecule has 0 radical (unpaired) electrons. The number of benzene rings is 8. The normalized spacial score (nSPS) is 11.7. The molecule has 0 aliphatic carbocycles. The molecule has 10 aromatic rings. The van der Waals surface area contributed by atoms with Gasteiger partial charge in [0.15, 0.2) is 0 Å². The van der Waals surface area contributed by atoms with Gasteiger partial charge in [-0.25, -0.2) is 0 Å². The molecule has 3 nitrogen and oxygen atoms in total. The second-order valence-electron chi connectivity index (χ2n) is 12.6. The molecule has 3 heteroatoms. The zero-order valence-electron chi connectivity index (χ0n) is 26.6. The molecular formula is C46H30N2O. The maximum Gasteiger partial charge on any atom is 0.136 e. The SMILES string of the molecule is c1ccc(N(c2ccc(-c3ccc4c(ccc5oc6ccccc6c54)c3)cc2)c2cccc3c4ccccc4n(-c4ccccc4)c23)cc1. The molecule has 0 spiro atoms. The zero-order valence-corrected chi connectivity index (χ0v) is 26.6. The number of rotatable bonds is 5. The monoisotopic (exact) mass is 626 g/mol. The number of fused-ring (bicyclic) bond motifs is 8. The van der Waals surface area contributed by atoms with E-state index in [-0.39, 0.29) is 0 Å². The number of furan rings is 1. The summed E-state index contributed by atoms with van der Waals surface area (Å²) < 4.78 is 8.56. The van der Waals surface area contributed by atoms with Crippen LogP contribution < -0.4 is 4.90 Å². The highest BCUT2D eigenvalue weighted by Gasteiger charge is 2.21. The van der Waals surface area contributed by atoms with E-state index in [0.717, 1.165) is 39.3 Å². The molecule has 0 N–H and O–H groups in total. The Bertz CT molecular complexity index is 2810. The quantitative estimate of drug-likeness (QED) is 0.190. The average molecular weight is 627 g/mol. The molecule has 0 fully saturated rings. The van der Waals surface area contributed by atoms with Gasteiger partial charge in [0.2, 0.25) is 0 Å². The third-order valence-electron chi connectivity index (χ3n) is 9.76. The lowest BCUT2D eigenvalue weighted by atomic mass is 9.98. The molecule has 0 unspecified atom stereocenters. The largest absolute Gasteiger partial charge is 0.456 e. The lowest BCUT2D eigenvalue weighted by Gasteiger charge is -2.27. The second-order valence-corrected chi connectivity index (χ2v) is 12.6. The van der Waals surface area contributed by atoms with Gasteiger partial charge in [0, 0.05) is 38.6 Å². The molecule has 0 saturated heterocycles. The topological polar surface area (TPSA) is 21.3 Å². The Hall–Kier alpha value is -6.58. The van der Waals surface area contributed by atoms with Crippen LogP contribution in [0.25, 0.3) is 71.3 Å². The fourth-order valence-corrected chi connectivity index (χ4v) is 7.57. The van der Waals surface area contributed by atoms with E-state index in [4.69, 9.17) is 4.42 Å². The fourth-order valence-electron chi connectivity index (χ4n) is 7.57. The average Bonchev–Trinajstić information content (AvgIpc) is 3.73. The summed E-state index contributed by atoms with van der Waals surface area (Å²) in [6, 6.07) is 65.0. The summed E-state index contributed by atoms with van der Waals surface area (Å²) in [6.45, 7) is 0. The Balaban J connectivity index is 1.13. The molecule has 2 heterocycles. The van der Waals surface area contributed by atoms with Crippen LogP contribution in [0.4, 0.5) is 17.1 Å². The van der Waals surface area contributed by atoms with E-state index >= 15 is 0 Å². The smallest absolute Gasteiger partial charge is 0.136 e. The molecule has 0 aliphatic heterocycles. The predicted molar refractivity (Wildman–Crippen MR) is 206 cm³/mol. The van der Waals surface area contributed by atoms with Gasteiger partial charge in [-0.3, -0.25) is 0 Å². The molecule has 2 aromatic heterocycles. The standard InChI is InChI=1S/C46H30N2O/c1-3-12-34(13-4-1)47(42-20-11-18-39-38-16-7-9-19-41(38)48(46(39)42)35-14-5-2-6-15-35)36-26-22-31(23-27-36)32-24-28-37-33(30-32)25-29-44-45(37)40-17-8-10-21-43(40)49-44/h1-30H. The van der Waals surface area contributed by atoms with Crippen LogP contribution in [0.2, 0.25) is 0 Å². The molecule has 0 bridgehead atoms. The molecule has 49 heavy (non-hydrogen) atoms. The number of para-hydroxylation sites is 5. The zero-order chi connectivity index (χ0) is 32.3. The molecule has 0 amide bonds. The minimum absolute atomic E-state index is 0.924. The van der Waals surface area contributed by atoms with E-state index in [2.05, 4.69) is 179 Å². The van der Waals surface area contributed by atoms with Crippen molar-refractivity contribution in [2.24, 2.45) is 0 Å². The van der Waals surface area contributed by atoms with Gasteiger partial charge in [-0.15, -0.1) is 0 Å². The van der Waals surface area contributed by atoms with Crippen molar-refractivity contribution < 1.29 is 4.42 Å². The number of hydrogen-bond acceptors (Lipinski definition) is 2. The molecule has 0 aliphatic rings. The van der Waals surface area contributed by atoms with Crippen molar-refractivity contribution in [3.8, 4) is 16.8 Å². The van der Waals surface area contributed by atoms with Gasteiger partial charge in [-0.2, -0.15) is 0 Å². The Morgan fingerprint density at radius 1 is 0.429 bits per heavy atom. The van der Waals surface area contributed by atoms with E-state index in [9.17, 15) is 0 Å². The van der Waals surface area contributed by atoms with Crippen LogP contribution in [0.1, 0.15) is 0 Å². The lowest BCUT2D eigenvalue weighted by molar-refractivity contribution is 0.669. The first-order chi connectivity index (χ1) is 24.3. The second kappa shape index (κ2) is 11.0. The maximum atomic E-state index is 6.15. The molecular weight excluding hydrogens is 597 g/mol. The molecule has 0 atom stereocenters. The minimum Gasteiger partial charge on any atom is -0.456 e. The van der Waals surface area contributed by atoms with Gasteiger partial charge in [-0.1, -0.05) is 115 Å². The minimum atomic E-state index is 0.924. The van der Waals surface area contributed by atoms with Crippen molar-refractivity contribution in [2.75, 3.05) is 4.90 Å². The highest BCUT2D eigenvalue weighted by molar-refractivity contribution is 6.19. The molecule has 8 aromatic carbocycles. The fraction of sp³-hybridized carbons (Fsp3) is 0. The van der Waals surface area contributed by atoms with Crippen molar-refractivity contribution >= 4 is 71.6 Å². The van der Waals surface area contributed by atoms with Gasteiger partial charge >= 0.3 is 0 Å². The molecule has 0 saturated carbocycles. The third-order valence-corrected chi connectivity index (χ3v) is 9.76. The molecule has 230 valence electrons. The predicted octanol–water partition coefficient (Wildman–Crippen LogP) is 13.0.